The minimum atomic E-state index is -1.00. The summed E-state index contributed by atoms with van der Waals surface area (Å²) in [5.74, 6) is -0.235. The van der Waals surface area contributed by atoms with Crippen LogP contribution in [0.3, 0.4) is 0 Å². The minimum Gasteiger partial charge on any atom is -0.493 e. The van der Waals surface area contributed by atoms with Gasteiger partial charge in [0.15, 0.2) is 0 Å². The second-order valence-electron chi connectivity index (χ2n) is 8.86. The van der Waals surface area contributed by atoms with Gasteiger partial charge in [-0.2, -0.15) is 0 Å². The number of hydrogen-bond acceptors (Lipinski definition) is 6. The Bertz CT molecular complexity index is 1380. The van der Waals surface area contributed by atoms with Crippen LogP contribution in [0.2, 0.25) is 0 Å². The van der Waals surface area contributed by atoms with Crippen LogP contribution in [0.25, 0.3) is 11.5 Å². The van der Waals surface area contributed by atoms with Crippen molar-refractivity contribution in [3.63, 3.8) is 0 Å². The van der Waals surface area contributed by atoms with E-state index >= 15 is 0 Å². The van der Waals surface area contributed by atoms with Gasteiger partial charge in [-0.3, -0.25) is 4.79 Å². The summed E-state index contributed by atoms with van der Waals surface area (Å²) in [6.45, 7) is 4.01. The standard InChI is InChI=1S/C30H29FN2O5/c1-20(33-37-19-22-11-13-25(31)14-12-22)27(30(34)35)18-23-7-6-10-26(17-23)36-16-15-28-21(2)38-29(32-28)24-8-4-3-5-9-24/h3-14,17,27H,15-16,18-19H2,1-2H3,(H,34,35). The third-order valence-electron chi connectivity index (χ3n) is 6.01. The molecule has 1 aromatic heterocycles. The van der Waals surface area contributed by atoms with Crippen molar-refractivity contribution < 1.29 is 28.3 Å². The Hall–Kier alpha value is -4.46. The lowest BCUT2D eigenvalue weighted by atomic mass is 9.95. The van der Waals surface area contributed by atoms with Crippen molar-refractivity contribution >= 4 is 11.7 Å². The van der Waals surface area contributed by atoms with E-state index < -0.39 is 11.9 Å². The van der Waals surface area contributed by atoms with Gasteiger partial charge in [-0.1, -0.05) is 47.6 Å². The number of ether oxygens (including phenoxy) is 1. The van der Waals surface area contributed by atoms with E-state index in [9.17, 15) is 14.3 Å². The van der Waals surface area contributed by atoms with E-state index in [-0.39, 0.29) is 18.8 Å². The van der Waals surface area contributed by atoms with Gasteiger partial charge in [0.25, 0.3) is 0 Å². The molecule has 196 valence electrons. The number of aliphatic carboxylic acids is 1. The van der Waals surface area contributed by atoms with Crippen LogP contribution in [0.4, 0.5) is 4.39 Å². The third kappa shape index (κ3) is 7.29. The number of hydrogen-bond donors (Lipinski definition) is 1. The van der Waals surface area contributed by atoms with Gasteiger partial charge in [0.2, 0.25) is 5.89 Å². The summed E-state index contributed by atoms with van der Waals surface area (Å²) < 4.78 is 24.8. The lowest BCUT2D eigenvalue weighted by molar-refractivity contribution is -0.139. The predicted molar refractivity (Wildman–Crippen MR) is 141 cm³/mol. The quantitative estimate of drug-likeness (QED) is 0.177. The van der Waals surface area contributed by atoms with Crippen LogP contribution in [0.5, 0.6) is 5.75 Å². The molecule has 4 aromatic rings. The monoisotopic (exact) mass is 516 g/mol. The highest BCUT2D eigenvalue weighted by Crippen LogP contribution is 2.22. The van der Waals surface area contributed by atoms with E-state index in [0.717, 1.165) is 28.1 Å². The third-order valence-corrected chi connectivity index (χ3v) is 6.01. The van der Waals surface area contributed by atoms with Crippen LogP contribution in [-0.4, -0.2) is 28.4 Å². The lowest BCUT2D eigenvalue weighted by Crippen LogP contribution is -2.24. The molecular weight excluding hydrogens is 487 g/mol. The summed E-state index contributed by atoms with van der Waals surface area (Å²) in [4.78, 5) is 21.9. The van der Waals surface area contributed by atoms with Crippen LogP contribution in [0.15, 0.2) is 88.4 Å². The zero-order valence-corrected chi connectivity index (χ0v) is 21.3. The summed E-state index contributed by atoms with van der Waals surface area (Å²) in [6.07, 6.45) is 0.798. The number of carbonyl (C=O) groups is 1. The first-order valence-electron chi connectivity index (χ1n) is 12.3. The van der Waals surface area contributed by atoms with E-state index in [2.05, 4.69) is 10.1 Å². The lowest BCUT2D eigenvalue weighted by Gasteiger charge is -2.13. The number of aryl methyl sites for hydroxylation is 1. The molecular formula is C30H29FN2O5. The normalized spacial score (nSPS) is 12.2. The molecule has 1 atom stereocenters. The Labute approximate surface area is 220 Å². The first-order chi connectivity index (χ1) is 18.4. The van der Waals surface area contributed by atoms with E-state index in [1.165, 1.54) is 12.1 Å². The first kappa shape index (κ1) is 26.6. The molecule has 0 aliphatic heterocycles. The number of aromatic nitrogens is 1. The van der Waals surface area contributed by atoms with Crippen molar-refractivity contribution in [3.05, 3.63) is 107 Å². The highest BCUT2D eigenvalue weighted by Gasteiger charge is 2.22. The molecule has 0 spiro atoms. The molecule has 0 fully saturated rings. The molecule has 0 aliphatic carbocycles. The molecule has 0 radical (unpaired) electrons. The number of oxazole rings is 1. The second kappa shape index (κ2) is 12.7. The first-order valence-corrected chi connectivity index (χ1v) is 12.3. The average Bonchev–Trinajstić information content (AvgIpc) is 3.29. The maximum atomic E-state index is 13.0. The number of carboxylic acids is 1. The fourth-order valence-corrected chi connectivity index (χ4v) is 3.89. The Kier molecular flexibility index (Phi) is 8.87. The van der Waals surface area contributed by atoms with Crippen molar-refractivity contribution in [2.45, 2.75) is 33.3 Å². The number of rotatable bonds is 12. The smallest absolute Gasteiger partial charge is 0.312 e. The topological polar surface area (TPSA) is 94.2 Å². The number of benzene rings is 3. The fourth-order valence-electron chi connectivity index (χ4n) is 3.89. The molecule has 4 rings (SSSR count). The van der Waals surface area contributed by atoms with Crippen LogP contribution in [0, 0.1) is 18.7 Å². The van der Waals surface area contributed by atoms with Crippen LogP contribution >= 0.6 is 0 Å². The molecule has 3 aromatic carbocycles. The molecule has 38 heavy (non-hydrogen) atoms. The largest absolute Gasteiger partial charge is 0.493 e. The Morgan fingerprint density at radius 2 is 1.82 bits per heavy atom. The van der Waals surface area contributed by atoms with Crippen LogP contribution < -0.4 is 4.74 Å². The molecule has 1 heterocycles. The van der Waals surface area contributed by atoms with Gasteiger partial charge in [-0.05, 0) is 67.8 Å². The second-order valence-corrected chi connectivity index (χ2v) is 8.86. The fraction of sp³-hybridized carbons (Fsp3) is 0.233. The molecule has 1 unspecified atom stereocenters. The summed E-state index contributed by atoms with van der Waals surface area (Å²) >= 11 is 0. The van der Waals surface area contributed by atoms with E-state index in [1.807, 2.05) is 61.5 Å². The van der Waals surface area contributed by atoms with E-state index in [0.29, 0.717) is 30.4 Å². The highest BCUT2D eigenvalue weighted by atomic mass is 19.1. The van der Waals surface area contributed by atoms with Crippen molar-refractivity contribution in [1.82, 2.24) is 4.98 Å². The van der Waals surface area contributed by atoms with Crippen molar-refractivity contribution in [3.8, 4) is 17.2 Å². The van der Waals surface area contributed by atoms with Gasteiger partial charge in [-0.15, -0.1) is 0 Å². The van der Waals surface area contributed by atoms with Crippen LogP contribution in [0.1, 0.15) is 29.5 Å². The Balaban J connectivity index is 1.33. The predicted octanol–water partition coefficient (Wildman–Crippen LogP) is 6.25. The zero-order valence-electron chi connectivity index (χ0n) is 21.3. The Morgan fingerprint density at radius 1 is 1.05 bits per heavy atom. The summed E-state index contributed by atoms with van der Waals surface area (Å²) in [5, 5.41) is 13.8. The summed E-state index contributed by atoms with van der Waals surface area (Å²) in [5.41, 5.74) is 3.62. The molecule has 7 nitrogen and oxygen atoms in total. The molecule has 0 saturated carbocycles. The number of carboxylic acid groups (broad SMARTS) is 1. The highest BCUT2D eigenvalue weighted by molar-refractivity contribution is 6.00. The SMILES string of the molecule is CC(=NOCc1ccc(F)cc1)C(Cc1cccc(OCCc2nc(-c3ccccc3)oc2C)c1)C(=O)O. The van der Waals surface area contributed by atoms with E-state index in [1.54, 1.807) is 19.1 Å². The van der Waals surface area contributed by atoms with Crippen molar-refractivity contribution in [1.29, 1.82) is 0 Å². The molecule has 0 amide bonds. The summed E-state index contributed by atoms with van der Waals surface area (Å²) in [6, 6.07) is 22.9. The van der Waals surface area contributed by atoms with Crippen molar-refractivity contribution in [2.24, 2.45) is 11.1 Å². The maximum absolute atomic E-state index is 13.0. The van der Waals surface area contributed by atoms with Gasteiger partial charge in [0.05, 0.1) is 18.0 Å². The molecule has 8 heteroatoms. The summed E-state index contributed by atoms with van der Waals surface area (Å²) in [7, 11) is 0. The number of halogens is 1. The molecule has 1 N–H and O–H groups in total. The molecule has 0 bridgehead atoms. The van der Waals surface area contributed by atoms with Gasteiger partial charge in [-0.25, -0.2) is 9.37 Å². The van der Waals surface area contributed by atoms with Gasteiger partial charge in [0.1, 0.15) is 29.9 Å². The minimum absolute atomic E-state index is 0.116. The maximum Gasteiger partial charge on any atom is 0.312 e. The van der Waals surface area contributed by atoms with E-state index in [4.69, 9.17) is 14.0 Å². The number of nitrogens with zero attached hydrogens (tertiary/aromatic N) is 2. The van der Waals surface area contributed by atoms with Crippen LogP contribution in [-0.2, 0) is 29.1 Å². The average molecular weight is 517 g/mol. The number of oxime groups is 1. The molecule has 0 aliphatic rings. The molecule has 0 saturated heterocycles. The van der Waals surface area contributed by atoms with Gasteiger partial charge >= 0.3 is 5.97 Å². The van der Waals surface area contributed by atoms with Crippen molar-refractivity contribution in [2.75, 3.05) is 6.61 Å². The van der Waals surface area contributed by atoms with Gasteiger partial charge < -0.3 is 19.1 Å². The zero-order chi connectivity index (χ0) is 26.9. The Morgan fingerprint density at radius 3 is 2.55 bits per heavy atom. The van der Waals surface area contributed by atoms with Gasteiger partial charge in [0, 0.05) is 12.0 Å².